The van der Waals surface area contributed by atoms with Gasteiger partial charge in [-0.05, 0) is 11.1 Å². The molecule has 0 radical (unpaired) electrons. The number of ketones is 1. The first-order chi connectivity index (χ1) is 7.41. The molecule has 0 unspecified atom stereocenters. The highest BCUT2D eigenvalue weighted by atomic mass is 19.4. The van der Waals surface area contributed by atoms with Gasteiger partial charge in [0.2, 0.25) is 0 Å². The van der Waals surface area contributed by atoms with Gasteiger partial charge in [0, 0.05) is 12.0 Å². The third kappa shape index (κ3) is 1.58. The number of halogens is 3. The van der Waals surface area contributed by atoms with Crippen molar-refractivity contribution >= 4 is 11.5 Å². The van der Waals surface area contributed by atoms with Crippen LogP contribution in [0.1, 0.15) is 11.1 Å². The molecule has 1 aromatic carbocycles. The maximum Gasteiger partial charge on any atom is 0.454 e. The van der Waals surface area contributed by atoms with Gasteiger partial charge in [-0.25, -0.2) is 0 Å². The molecule has 1 aliphatic carbocycles. The zero-order valence-corrected chi connectivity index (χ0v) is 7.97. The van der Waals surface area contributed by atoms with Gasteiger partial charge in [-0.15, -0.1) is 0 Å². The molecule has 0 aliphatic heterocycles. The quantitative estimate of drug-likeness (QED) is 0.728. The number of hydrogen-bond acceptors (Lipinski definition) is 2. The van der Waals surface area contributed by atoms with Crippen molar-refractivity contribution in [2.75, 3.05) is 0 Å². The molecule has 0 heterocycles. The predicted octanol–water partition coefficient (Wildman–Crippen LogP) is 1.45. The summed E-state index contributed by atoms with van der Waals surface area (Å²) in [6, 6.07) is 6.14. The minimum absolute atomic E-state index is 0.190. The summed E-state index contributed by atoms with van der Waals surface area (Å²) in [6.07, 6.45) is -5.21. The van der Waals surface area contributed by atoms with Gasteiger partial charge in [0.25, 0.3) is 5.78 Å². The fourth-order valence-corrected chi connectivity index (χ4v) is 1.68. The molecule has 84 valence electrons. The van der Waals surface area contributed by atoms with Crippen molar-refractivity contribution in [1.82, 2.24) is 0 Å². The summed E-state index contributed by atoms with van der Waals surface area (Å²) in [5, 5.41) is 11.5. The first kappa shape index (κ1) is 10.7. The number of Topliss-reactive ketones (excluding diaryl/α,β-unsaturated/α-hetero) is 1. The molecule has 2 rings (SSSR count). The van der Waals surface area contributed by atoms with Crippen LogP contribution in [-0.2, 0) is 11.2 Å². The molecule has 0 bridgehead atoms. The summed E-state index contributed by atoms with van der Waals surface area (Å²) in [5.74, 6) is -2.84. The number of hydrogen-bond donors (Lipinski definition) is 0. The van der Waals surface area contributed by atoms with Crippen LogP contribution in [0.4, 0.5) is 13.2 Å². The highest BCUT2D eigenvalue weighted by molar-refractivity contribution is 6.06. The normalized spacial score (nSPS) is 15.2. The van der Waals surface area contributed by atoms with Crippen molar-refractivity contribution in [3.63, 3.8) is 0 Å². The van der Waals surface area contributed by atoms with Crippen molar-refractivity contribution in [2.24, 2.45) is 0 Å². The second-order valence-electron chi connectivity index (χ2n) is 3.47. The van der Waals surface area contributed by atoms with Crippen molar-refractivity contribution in [3.05, 3.63) is 41.0 Å². The summed E-state index contributed by atoms with van der Waals surface area (Å²) in [4.78, 5) is 11.0. The third-order valence-corrected chi connectivity index (χ3v) is 2.43. The van der Waals surface area contributed by atoms with E-state index in [2.05, 4.69) is 0 Å². The molecule has 0 saturated carbocycles. The van der Waals surface area contributed by atoms with E-state index in [1.54, 1.807) is 18.2 Å². The van der Waals surface area contributed by atoms with Crippen LogP contribution in [0.25, 0.3) is 5.76 Å². The predicted molar refractivity (Wildman–Crippen MR) is 48.1 cm³/mol. The molecule has 0 amide bonds. The molecular weight excluding hydrogens is 221 g/mol. The van der Waals surface area contributed by atoms with Crippen LogP contribution in [0, 0.1) is 0 Å². The Hall–Kier alpha value is -1.78. The second-order valence-corrected chi connectivity index (χ2v) is 3.47. The number of fused-ring (bicyclic) bond motifs is 1. The van der Waals surface area contributed by atoms with Gasteiger partial charge in [-0.2, -0.15) is 13.2 Å². The SMILES string of the molecule is O=C(C1=C([O-])c2ccccc2C1)C(F)(F)F. The second kappa shape index (κ2) is 3.37. The Bertz CT molecular complexity index is 486. The number of carbonyl (C=O) groups excluding carboxylic acids is 1. The zero-order chi connectivity index (χ0) is 11.9. The smallest absolute Gasteiger partial charge is 0.454 e. The van der Waals surface area contributed by atoms with E-state index in [-0.39, 0.29) is 12.0 Å². The highest BCUT2D eigenvalue weighted by Crippen LogP contribution is 2.33. The Morgan fingerprint density at radius 3 is 2.44 bits per heavy atom. The number of rotatable bonds is 1. The lowest BCUT2D eigenvalue weighted by Crippen LogP contribution is -2.26. The lowest BCUT2D eigenvalue weighted by atomic mass is 10.1. The van der Waals surface area contributed by atoms with Gasteiger partial charge < -0.3 is 5.11 Å². The van der Waals surface area contributed by atoms with Crippen LogP contribution >= 0.6 is 0 Å². The third-order valence-electron chi connectivity index (χ3n) is 2.43. The molecule has 1 aliphatic rings. The molecule has 0 aromatic heterocycles. The minimum atomic E-state index is -4.98. The highest BCUT2D eigenvalue weighted by Gasteiger charge is 2.41. The minimum Gasteiger partial charge on any atom is -0.872 e. The maximum atomic E-state index is 12.2. The van der Waals surface area contributed by atoms with Gasteiger partial charge >= 0.3 is 6.18 Å². The van der Waals surface area contributed by atoms with Gasteiger partial charge in [-0.1, -0.05) is 30.0 Å². The molecular formula is C11H6F3O2-. The van der Waals surface area contributed by atoms with Gasteiger partial charge in [0.05, 0.1) is 0 Å². The Kier molecular flexibility index (Phi) is 2.26. The Morgan fingerprint density at radius 2 is 1.88 bits per heavy atom. The van der Waals surface area contributed by atoms with E-state index in [1.165, 1.54) is 6.07 Å². The monoisotopic (exact) mass is 227 g/mol. The number of allylic oxidation sites excluding steroid dienone is 1. The van der Waals surface area contributed by atoms with E-state index in [0.717, 1.165) is 0 Å². The van der Waals surface area contributed by atoms with Crippen LogP contribution in [-0.4, -0.2) is 12.0 Å². The van der Waals surface area contributed by atoms with Gasteiger partial charge in [0.1, 0.15) is 0 Å². The van der Waals surface area contributed by atoms with Gasteiger partial charge in [-0.3, -0.25) is 4.79 Å². The Balaban J connectivity index is 2.43. The summed E-state index contributed by atoms with van der Waals surface area (Å²) < 4.78 is 36.5. The fourth-order valence-electron chi connectivity index (χ4n) is 1.68. The molecule has 16 heavy (non-hydrogen) atoms. The van der Waals surface area contributed by atoms with Gasteiger partial charge in [0.15, 0.2) is 0 Å². The van der Waals surface area contributed by atoms with Crippen LogP contribution < -0.4 is 5.11 Å². The Labute approximate surface area is 89.0 Å². The average molecular weight is 227 g/mol. The average Bonchev–Trinajstić information content (AvgIpc) is 2.54. The summed E-state index contributed by atoms with van der Waals surface area (Å²) in [6.45, 7) is 0. The molecule has 2 nitrogen and oxygen atoms in total. The fraction of sp³-hybridized carbons (Fsp3) is 0.182. The van der Waals surface area contributed by atoms with E-state index in [1.807, 2.05) is 0 Å². The number of benzene rings is 1. The molecule has 1 aromatic rings. The molecule has 5 heteroatoms. The molecule has 0 spiro atoms. The largest absolute Gasteiger partial charge is 0.872 e. The standard InChI is InChI=1S/C11H7F3O2/c12-11(13,14)10(16)8-5-6-3-1-2-4-7(6)9(8)15/h1-4,15H,5H2/p-1. The summed E-state index contributed by atoms with van der Waals surface area (Å²) >= 11 is 0. The molecule has 0 atom stereocenters. The van der Waals surface area contributed by atoms with Crippen molar-refractivity contribution in [1.29, 1.82) is 0 Å². The van der Waals surface area contributed by atoms with E-state index in [4.69, 9.17) is 0 Å². The number of carbonyl (C=O) groups is 1. The molecule has 0 saturated heterocycles. The first-order valence-corrected chi connectivity index (χ1v) is 4.51. The first-order valence-electron chi connectivity index (χ1n) is 4.51. The topological polar surface area (TPSA) is 40.1 Å². The summed E-state index contributed by atoms with van der Waals surface area (Å²) in [5.41, 5.74) is -0.0242. The van der Waals surface area contributed by atoms with E-state index >= 15 is 0 Å². The van der Waals surface area contributed by atoms with Crippen LogP contribution in [0.5, 0.6) is 0 Å². The molecule has 0 N–H and O–H groups in total. The zero-order valence-electron chi connectivity index (χ0n) is 7.97. The Morgan fingerprint density at radius 1 is 1.25 bits per heavy atom. The van der Waals surface area contributed by atoms with Crippen molar-refractivity contribution in [3.8, 4) is 0 Å². The van der Waals surface area contributed by atoms with E-state index < -0.39 is 23.3 Å². The number of alkyl halides is 3. The van der Waals surface area contributed by atoms with Crippen LogP contribution in [0.2, 0.25) is 0 Å². The maximum absolute atomic E-state index is 12.2. The lowest BCUT2D eigenvalue weighted by Gasteiger charge is -2.12. The summed E-state index contributed by atoms with van der Waals surface area (Å²) in [7, 11) is 0. The van der Waals surface area contributed by atoms with E-state index in [0.29, 0.717) is 5.56 Å². The molecule has 0 fully saturated rings. The van der Waals surface area contributed by atoms with E-state index in [9.17, 15) is 23.1 Å². The van der Waals surface area contributed by atoms with Crippen molar-refractivity contribution < 1.29 is 23.1 Å². The van der Waals surface area contributed by atoms with Crippen LogP contribution in [0.3, 0.4) is 0 Å². The lowest BCUT2D eigenvalue weighted by molar-refractivity contribution is -0.244. The van der Waals surface area contributed by atoms with Crippen molar-refractivity contribution in [2.45, 2.75) is 12.6 Å². The van der Waals surface area contributed by atoms with Crippen LogP contribution in [0.15, 0.2) is 29.8 Å².